The average Bonchev–Trinajstić information content (AvgIpc) is 2.44. The van der Waals surface area contributed by atoms with E-state index in [2.05, 4.69) is 13.5 Å². The van der Waals surface area contributed by atoms with E-state index < -0.39 is 35.0 Å². The van der Waals surface area contributed by atoms with Gasteiger partial charge in [-0.1, -0.05) is 17.3 Å². The van der Waals surface area contributed by atoms with E-state index >= 15 is 0 Å². The monoisotopic (exact) mass is 379 g/mol. The Morgan fingerprint density at radius 1 is 1.32 bits per heavy atom. The third-order valence-corrected chi connectivity index (χ3v) is 5.02. The normalized spacial score (nSPS) is 13.2. The number of alkyl halides is 3. The van der Waals surface area contributed by atoms with E-state index in [1.807, 2.05) is 0 Å². The van der Waals surface area contributed by atoms with Crippen LogP contribution >= 0.6 is 20.0 Å². The average molecular weight is 379 g/mol. The fraction of sp³-hybridized carbons (Fsp3) is 0.400. The van der Waals surface area contributed by atoms with Crippen molar-refractivity contribution < 1.29 is 39.7 Å². The number of rotatable bonds is 7. The van der Waals surface area contributed by atoms with Crippen LogP contribution in [0.1, 0.15) is 12.5 Å². The molecule has 0 aliphatic carbocycles. The second-order valence-electron chi connectivity index (χ2n) is 3.57. The molecule has 0 bridgehead atoms. The molecule has 0 aliphatic rings. The van der Waals surface area contributed by atoms with E-state index in [0.717, 1.165) is 24.9 Å². The van der Waals surface area contributed by atoms with Crippen LogP contribution in [0.15, 0.2) is 28.0 Å². The van der Waals surface area contributed by atoms with Crippen molar-refractivity contribution in [1.29, 1.82) is 0 Å². The Kier molecular flexibility index (Phi) is 6.78. The van der Waals surface area contributed by atoms with Gasteiger partial charge in [-0.25, -0.2) is 0 Å². The van der Waals surface area contributed by atoms with Gasteiger partial charge in [-0.05, 0) is 17.9 Å². The summed E-state index contributed by atoms with van der Waals surface area (Å²) in [5.41, 5.74) is -1.40. The van der Waals surface area contributed by atoms with Crippen LogP contribution in [-0.4, -0.2) is 21.3 Å². The molecule has 1 aromatic carbocycles. The molecule has 0 aromatic heterocycles. The quantitative estimate of drug-likeness (QED) is 0.309. The molecular weight excluding hydrogens is 368 g/mol. The standard InChI is InChI=1S/C10H11F3O6PS2/c1-3-21-8-6-4-5-7(10(11,12)13)9(8)22(15,16)19-18-20(14)17-2/h4-6H,3H2,1-2H3/q+1. The highest BCUT2D eigenvalue weighted by Crippen LogP contribution is 2.40. The number of benzene rings is 1. The van der Waals surface area contributed by atoms with Gasteiger partial charge in [-0.15, -0.1) is 16.3 Å². The molecule has 1 aromatic rings. The lowest BCUT2D eigenvalue weighted by molar-refractivity contribution is -0.141. The van der Waals surface area contributed by atoms with Gasteiger partial charge in [0.2, 0.25) is 0 Å². The molecule has 6 nitrogen and oxygen atoms in total. The fourth-order valence-electron chi connectivity index (χ4n) is 1.40. The molecule has 0 spiro atoms. The van der Waals surface area contributed by atoms with Gasteiger partial charge in [0, 0.05) is 9.46 Å². The van der Waals surface area contributed by atoms with Gasteiger partial charge in [-0.3, -0.25) is 0 Å². The second-order valence-corrected chi connectivity index (χ2v) is 7.29. The predicted octanol–water partition coefficient (Wildman–Crippen LogP) is 3.76. The van der Waals surface area contributed by atoms with Crippen LogP contribution < -0.4 is 0 Å². The Balaban J connectivity index is 3.38. The summed E-state index contributed by atoms with van der Waals surface area (Å²) in [5, 5.41) is 0. The summed E-state index contributed by atoms with van der Waals surface area (Å²) in [6.45, 7) is 1.64. The molecule has 12 heteroatoms. The van der Waals surface area contributed by atoms with Crippen molar-refractivity contribution in [3.05, 3.63) is 23.8 Å². The number of thioether (sulfide) groups is 1. The first-order valence-corrected chi connectivity index (χ1v) is 9.08. The van der Waals surface area contributed by atoms with Gasteiger partial charge < -0.3 is 0 Å². The molecule has 0 amide bonds. The van der Waals surface area contributed by atoms with Crippen molar-refractivity contribution in [3.8, 4) is 0 Å². The van der Waals surface area contributed by atoms with E-state index in [-0.39, 0.29) is 4.90 Å². The lowest BCUT2D eigenvalue weighted by atomic mass is 10.2. The van der Waals surface area contributed by atoms with Crippen LogP contribution in [0.3, 0.4) is 0 Å². The minimum Gasteiger partial charge on any atom is -0.191 e. The summed E-state index contributed by atoms with van der Waals surface area (Å²) in [4.78, 5) is -1.25. The lowest BCUT2D eigenvalue weighted by Gasteiger charge is -2.14. The maximum Gasteiger partial charge on any atom is 0.729 e. The maximum absolute atomic E-state index is 13.0. The zero-order valence-electron chi connectivity index (χ0n) is 11.3. The molecular formula is C10H11F3O6PS2+. The predicted molar refractivity (Wildman–Crippen MR) is 71.8 cm³/mol. The van der Waals surface area contributed by atoms with Crippen LogP contribution in [0, 0.1) is 0 Å². The van der Waals surface area contributed by atoms with E-state index in [1.165, 1.54) is 6.07 Å². The summed E-state index contributed by atoms with van der Waals surface area (Å²) >= 11 is 0.880. The Morgan fingerprint density at radius 3 is 2.45 bits per heavy atom. The Hall–Kier alpha value is -0.710. The minimum atomic E-state index is -4.96. The molecule has 124 valence electrons. The van der Waals surface area contributed by atoms with Gasteiger partial charge in [0.25, 0.3) is 0 Å². The molecule has 1 unspecified atom stereocenters. The minimum absolute atomic E-state index is 0.159. The maximum atomic E-state index is 13.0. The molecule has 1 rings (SSSR count). The molecule has 0 fully saturated rings. The second kappa shape index (κ2) is 7.71. The van der Waals surface area contributed by atoms with Crippen LogP contribution in [0.25, 0.3) is 0 Å². The van der Waals surface area contributed by atoms with Crippen molar-refractivity contribution in [2.75, 3.05) is 12.9 Å². The van der Waals surface area contributed by atoms with Gasteiger partial charge in [-0.2, -0.15) is 21.6 Å². The number of hydrogen-bond acceptors (Lipinski definition) is 7. The first kappa shape index (κ1) is 19.3. The summed E-state index contributed by atoms with van der Waals surface area (Å²) < 4.78 is 85.8. The first-order chi connectivity index (χ1) is 10.1. The zero-order valence-corrected chi connectivity index (χ0v) is 13.8. The molecule has 0 radical (unpaired) electrons. The van der Waals surface area contributed by atoms with Crippen LogP contribution in [0.5, 0.6) is 0 Å². The van der Waals surface area contributed by atoms with Gasteiger partial charge in [0.1, 0.15) is 4.90 Å². The van der Waals surface area contributed by atoms with Crippen molar-refractivity contribution in [2.24, 2.45) is 0 Å². The summed E-state index contributed by atoms with van der Waals surface area (Å²) in [6, 6.07) is 2.89. The largest absolute Gasteiger partial charge is 0.729 e. The van der Waals surface area contributed by atoms with E-state index in [1.54, 1.807) is 6.92 Å². The molecule has 0 saturated carbocycles. The Bertz CT molecular complexity index is 647. The van der Waals surface area contributed by atoms with E-state index in [4.69, 9.17) is 0 Å². The number of hydrogen-bond donors (Lipinski definition) is 0. The van der Waals surface area contributed by atoms with Crippen LogP contribution in [0.2, 0.25) is 0 Å². The van der Waals surface area contributed by atoms with Crippen molar-refractivity contribution in [3.63, 3.8) is 0 Å². The third kappa shape index (κ3) is 4.90. The van der Waals surface area contributed by atoms with Crippen LogP contribution in [-0.2, 0) is 34.4 Å². The molecule has 1 atom stereocenters. The summed E-state index contributed by atoms with van der Waals surface area (Å²) in [6.07, 6.45) is -4.92. The van der Waals surface area contributed by atoms with E-state index in [0.29, 0.717) is 11.8 Å². The van der Waals surface area contributed by atoms with Crippen molar-refractivity contribution in [2.45, 2.75) is 22.9 Å². The smallest absolute Gasteiger partial charge is 0.191 e. The van der Waals surface area contributed by atoms with Crippen LogP contribution in [0.4, 0.5) is 13.2 Å². The molecule has 22 heavy (non-hydrogen) atoms. The van der Waals surface area contributed by atoms with Crippen molar-refractivity contribution in [1.82, 2.24) is 0 Å². The van der Waals surface area contributed by atoms with Crippen molar-refractivity contribution >= 4 is 30.1 Å². The third-order valence-electron chi connectivity index (χ3n) is 2.16. The molecule has 0 saturated heterocycles. The summed E-state index contributed by atoms with van der Waals surface area (Å²) in [5.74, 6) is 0.330. The highest BCUT2D eigenvalue weighted by atomic mass is 32.2. The van der Waals surface area contributed by atoms with Gasteiger partial charge in [0.15, 0.2) is 0 Å². The fourth-order valence-corrected chi connectivity index (χ4v) is 4.02. The Morgan fingerprint density at radius 2 is 1.95 bits per heavy atom. The number of halogens is 3. The SMILES string of the molecule is CCSc1cccc(C(F)(F)F)c1S(=O)(=O)OO[P+](=O)OC. The first-order valence-electron chi connectivity index (χ1n) is 5.59. The zero-order chi connectivity index (χ0) is 17.0. The highest BCUT2D eigenvalue weighted by Gasteiger charge is 2.41. The van der Waals surface area contributed by atoms with E-state index in [9.17, 15) is 26.2 Å². The Labute approximate surface area is 129 Å². The lowest BCUT2D eigenvalue weighted by Crippen LogP contribution is -2.16. The molecule has 0 aliphatic heterocycles. The van der Waals surface area contributed by atoms with Gasteiger partial charge in [0.05, 0.1) is 17.3 Å². The highest BCUT2D eigenvalue weighted by molar-refractivity contribution is 8.00. The summed E-state index contributed by atoms with van der Waals surface area (Å²) in [7, 11) is -6.95. The molecule has 0 N–H and O–H groups in total. The molecule has 0 heterocycles. The topological polar surface area (TPSA) is 78.9 Å². The van der Waals surface area contributed by atoms with Gasteiger partial charge >= 0.3 is 24.5 Å².